The van der Waals surface area contributed by atoms with E-state index in [1.54, 1.807) is 22.9 Å². The molecule has 4 nitrogen and oxygen atoms in total. The van der Waals surface area contributed by atoms with E-state index in [0.717, 1.165) is 0 Å². The number of ketones is 1. The largest absolute Gasteiger partial charge is 0.293 e. The molecule has 0 bridgehead atoms. The fourth-order valence-electron chi connectivity index (χ4n) is 1.000. The van der Waals surface area contributed by atoms with Crippen molar-refractivity contribution in [2.45, 2.75) is 34.6 Å². The number of fused-ring (bicyclic) bond motifs is 1. The fourth-order valence-corrected chi connectivity index (χ4v) is 1.000. The SMILES string of the molecule is CC.CC.CC(=O)c1cn2cccnc2n1. The second kappa shape index (κ2) is 7.56. The van der Waals surface area contributed by atoms with Crippen molar-refractivity contribution < 1.29 is 4.79 Å². The van der Waals surface area contributed by atoms with Crippen LogP contribution >= 0.6 is 0 Å². The second-order valence-corrected chi connectivity index (χ2v) is 2.51. The van der Waals surface area contributed by atoms with Crippen molar-refractivity contribution in [2.24, 2.45) is 0 Å². The van der Waals surface area contributed by atoms with E-state index in [-0.39, 0.29) is 5.78 Å². The van der Waals surface area contributed by atoms with Crippen LogP contribution in [0.1, 0.15) is 45.1 Å². The monoisotopic (exact) mass is 221 g/mol. The van der Waals surface area contributed by atoms with Crippen LogP contribution < -0.4 is 0 Å². The van der Waals surface area contributed by atoms with Crippen molar-refractivity contribution in [3.05, 3.63) is 30.4 Å². The topological polar surface area (TPSA) is 47.3 Å². The molecule has 2 rings (SSSR count). The Bertz CT molecular complexity index is 402. The first-order valence-corrected chi connectivity index (χ1v) is 5.58. The van der Waals surface area contributed by atoms with Crippen LogP contribution in [0.4, 0.5) is 0 Å². The van der Waals surface area contributed by atoms with Crippen LogP contribution in [-0.2, 0) is 0 Å². The first-order valence-electron chi connectivity index (χ1n) is 5.58. The summed E-state index contributed by atoms with van der Waals surface area (Å²) in [4.78, 5) is 18.9. The molecule has 88 valence electrons. The zero-order valence-corrected chi connectivity index (χ0v) is 10.6. The van der Waals surface area contributed by atoms with E-state index < -0.39 is 0 Å². The lowest BCUT2D eigenvalue weighted by Crippen LogP contribution is -1.90. The van der Waals surface area contributed by atoms with Crippen LogP contribution in [0.2, 0.25) is 0 Å². The average molecular weight is 221 g/mol. The summed E-state index contributed by atoms with van der Waals surface area (Å²) in [6.07, 6.45) is 5.12. The van der Waals surface area contributed by atoms with Crippen LogP contribution in [0.3, 0.4) is 0 Å². The molecule has 2 aromatic rings. The third-order valence-corrected chi connectivity index (χ3v) is 1.60. The van der Waals surface area contributed by atoms with Crippen molar-refractivity contribution in [3.8, 4) is 0 Å². The summed E-state index contributed by atoms with van der Waals surface area (Å²) in [5, 5.41) is 0. The van der Waals surface area contributed by atoms with Crippen molar-refractivity contribution in [1.29, 1.82) is 0 Å². The number of Topliss-reactive ketones (excluding diaryl/α,β-unsaturated/α-hetero) is 1. The summed E-state index contributed by atoms with van der Waals surface area (Å²) in [6.45, 7) is 9.49. The molecule has 0 radical (unpaired) electrons. The lowest BCUT2D eigenvalue weighted by Gasteiger charge is -1.85. The van der Waals surface area contributed by atoms with E-state index in [0.29, 0.717) is 11.5 Å². The molecule has 0 saturated heterocycles. The Morgan fingerprint density at radius 2 is 1.88 bits per heavy atom. The van der Waals surface area contributed by atoms with Crippen LogP contribution in [0.5, 0.6) is 0 Å². The van der Waals surface area contributed by atoms with E-state index in [1.165, 1.54) is 6.92 Å². The Kier molecular flexibility index (Phi) is 6.76. The van der Waals surface area contributed by atoms with Gasteiger partial charge in [-0.05, 0) is 6.07 Å². The molecule has 2 heterocycles. The molecule has 0 aliphatic rings. The van der Waals surface area contributed by atoms with Gasteiger partial charge < -0.3 is 0 Å². The highest BCUT2D eigenvalue weighted by Gasteiger charge is 2.04. The lowest BCUT2D eigenvalue weighted by atomic mass is 10.3. The van der Waals surface area contributed by atoms with Gasteiger partial charge in [-0.15, -0.1) is 0 Å². The number of carbonyl (C=O) groups excluding carboxylic acids is 1. The summed E-state index contributed by atoms with van der Waals surface area (Å²) in [7, 11) is 0. The molecular weight excluding hydrogens is 202 g/mol. The Morgan fingerprint density at radius 3 is 2.38 bits per heavy atom. The summed E-state index contributed by atoms with van der Waals surface area (Å²) in [5.41, 5.74) is 0.453. The van der Waals surface area contributed by atoms with Gasteiger partial charge in [0.05, 0.1) is 0 Å². The first kappa shape index (κ1) is 14.3. The molecule has 0 N–H and O–H groups in total. The predicted molar refractivity (Wildman–Crippen MR) is 65.7 cm³/mol. The molecule has 0 unspecified atom stereocenters. The van der Waals surface area contributed by atoms with Crippen molar-refractivity contribution in [1.82, 2.24) is 14.4 Å². The maximum absolute atomic E-state index is 10.9. The molecule has 2 aromatic heterocycles. The van der Waals surface area contributed by atoms with E-state index in [2.05, 4.69) is 9.97 Å². The minimum absolute atomic E-state index is 0.0412. The van der Waals surface area contributed by atoms with Crippen LogP contribution in [0.25, 0.3) is 5.78 Å². The van der Waals surface area contributed by atoms with Gasteiger partial charge in [-0.3, -0.25) is 9.20 Å². The molecule has 0 aliphatic heterocycles. The number of aromatic nitrogens is 3. The third kappa shape index (κ3) is 3.46. The summed E-state index contributed by atoms with van der Waals surface area (Å²) >= 11 is 0. The molecule has 16 heavy (non-hydrogen) atoms. The smallest absolute Gasteiger partial charge is 0.234 e. The highest BCUT2D eigenvalue weighted by molar-refractivity contribution is 5.92. The Hall–Kier alpha value is -1.71. The van der Waals surface area contributed by atoms with Crippen LogP contribution in [0.15, 0.2) is 24.7 Å². The van der Waals surface area contributed by atoms with Gasteiger partial charge in [0.15, 0.2) is 5.78 Å². The predicted octanol–water partition coefficient (Wildman–Crippen LogP) is 2.98. The maximum atomic E-state index is 10.9. The molecule has 0 fully saturated rings. The van der Waals surface area contributed by atoms with Crippen LogP contribution in [0, 0.1) is 0 Å². The van der Waals surface area contributed by atoms with Gasteiger partial charge in [0.25, 0.3) is 0 Å². The first-order chi connectivity index (χ1) is 7.77. The quantitative estimate of drug-likeness (QED) is 0.695. The second-order valence-electron chi connectivity index (χ2n) is 2.51. The van der Waals surface area contributed by atoms with E-state index in [9.17, 15) is 4.79 Å². The minimum atomic E-state index is -0.0412. The summed E-state index contributed by atoms with van der Waals surface area (Å²) < 4.78 is 1.72. The van der Waals surface area contributed by atoms with Crippen molar-refractivity contribution in [3.63, 3.8) is 0 Å². The van der Waals surface area contributed by atoms with Gasteiger partial charge in [0.2, 0.25) is 5.78 Å². The van der Waals surface area contributed by atoms with E-state index in [1.807, 2.05) is 33.9 Å². The molecule has 0 aliphatic carbocycles. The highest BCUT2D eigenvalue weighted by Crippen LogP contribution is 2.01. The number of hydrogen-bond acceptors (Lipinski definition) is 3. The molecule has 0 amide bonds. The number of carbonyl (C=O) groups is 1. The van der Waals surface area contributed by atoms with Gasteiger partial charge in [0, 0.05) is 25.5 Å². The fraction of sp³-hybridized carbons (Fsp3) is 0.417. The van der Waals surface area contributed by atoms with Gasteiger partial charge in [-0.1, -0.05) is 27.7 Å². The zero-order chi connectivity index (χ0) is 12.6. The number of nitrogens with zero attached hydrogens (tertiary/aromatic N) is 3. The summed E-state index contributed by atoms with van der Waals surface area (Å²) in [5.74, 6) is 0.517. The zero-order valence-electron chi connectivity index (χ0n) is 10.6. The molecule has 0 atom stereocenters. The normalized spacial score (nSPS) is 8.56. The molecule has 0 saturated carbocycles. The summed E-state index contributed by atoms with van der Waals surface area (Å²) in [6, 6.07) is 1.79. The van der Waals surface area contributed by atoms with Gasteiger partial charge in [-0.25, -0.2) is 9.97 Å². The Labute approximate surface area is 96.4 Å². The van der Waals surface area contributed by atoms with Gasteiger partial charge in [-0.2, -0.15) is 0 Å². The number of imidazole rings is 1. The lowest BCUT2D eigenvalue weighted by molar-refractivity contribution is 0.101. The van der Waals surface area contributed by atoms with Crippen LogP contribution in [-0.4, -0.2) is 20.2 Å². The molecule has 0 spiro atoms. The van der Waals surface area contributed by atoms with Gasteiger partial charge in [0.1, 0.15) is 5.69 Å². The Balaban J connectivity index is 0.000000509. The highest BCUT2D eigenvalue weighted by atomic mass is 16.1. The van der Waals surface area contributed by atoms with E-state index >= 15 is 0 Å². The molecule has 4 heteroatoms. The number of rotatable bonds is 1. The Morgan fingerprint density at radius 1 is 1.25 bits per heavy atom. The minimum Gasteiger partial charge on any atom is -0.293 e. The molecular formula is C12H19N3O. The van der Waals surface area contributed by atoms with E-state index in [4.69, 9.17) is 0 Å². The van der Waals surface area contributed by atoms with Crippen molar-refractivity contribution >= 4 is 11.6 Å². The van der Waals surface area contributed by atoms with Crippen molar-refractivity contribution in [2.75, 3.05) is 0 Å². The van der Waals surface area contributed by atoms with Gasteiger partial charge >= 0.3 is 0 Å². The molecule has 0 aromatic carbocycles. The maximum Gasteiger partial charge on any atom is 0.234 e. The third-order valence-electron chi connectivity index (χ3n) is 1.60. The number of hydrogen-bond donors (Lipinski definition) is 0. The standard InChI is InChI=1S/C8H7N3O.2C2H6/c1-6(12)7-5-11-4-2-3-9-8(11)10-7;2*1-2/h2-5H,1H3;2*1-2H3. The average Bonchev–Trinajstić information content (AvgIpc) is 2.78.